The van der Waals surface area contributed by atoms with Gasteiger partial charge < -0.3 is 15.6 Å². The van der Waals surface area contributed by atoms with Gasteiger partial charge in [0.05, 0.1) is 28.0 Å². The Balaban J connectivity index is 1.37. The average Bonchev–Trinajstić information content (AvgIpc) is 3.38. The number of rotatable bonds is 6. The summed E-state index contributed by atoms with van der Waals surface area (Å²) in [4.78, 5) is 28.2. The van der Waals surface area contributed by atoms with Crippen LogP contribution in [-0.2, 0) is 9.84 Å². The zero-order valence-electron chi connectivity index (χ0n) is 18.5. The summed E-state index contributed by atoms with van der Waals surface area (Å²) in [6, 6.07) is 2.13. The van der Waals surface area contributed by atoms with Gasteiger partial charge >= 0.3 is 0 Å². The maximum absolute atomic E-state index is 14.9. The van der Waals surface area contributed by atoms with E-state index in [9.17, 15) is 26.4 Å². The predicted molar refractivity (Wildman–Crippen MR) is 123 cm³/mol. The van der Waals surface area contributed by atoms with E-state index in [0.717, 1.165) is 0 Å². The molecule has 5 rings (SSSR count). The molecular weight excluding hydrogens is 485 g/mol. The standard InChI is InChI=1S/C22H23F3N6O3S/c23-19-14(1-2-16(31-19)29-12-3-6-22(24,25)7-4-12)18(32)15-9-26-20-17(15)21(28-11-27-20)30-13-5-8-35(33,34)10-13/h1-2,9,11-13H,3-8,10H2,(H,29,31)(H2,26,27,28,30). The van der Waals surface area contributed by atoms with E-state index in [1.165, 1.54) is 24.7 Å². The van der Waals surface area contributed by atoms with Gasteiger partial charge in [-0.05, 0) is 31.4 Å². The monoisotopic (exact) mass is 508 g/mol. The van der Waals surface area contributed by atoms with Crippen LogP contribution in [0, 0.1) is 5.95 Å². The number of H-pyrrole nitrogens is 1. The van der Waals surface area contributed by atoms with Gasteiger partial charge in [-0.25, -0.2) is 32.2 Å². The van der Waals surface area contributed by atoms with E-state index in [-0.39, 0.29) is 72.0 Å². The summed E-state index contributed by atoms with van der Waals surface area (Å²) in [6.45, 7) is 0. The minimum Gasteiger partial charge on any atom is -0.367 e. The number of carbonyl (C=O) groups is 1. The first-order valence-corrected chi connectivity index (χ1v) is 13.1. The largest absolute Gasteiger partial charge is 0.367 e. The fourth-order valence-electron chi connectivity index (χ4n) is 4.58. The van der Waals surface area contributed by atoms with E-state index in [0.29, 0.717) is 17.5 Å². The Labute approximate surface area is 198 Å². The quantitative estimate of drug-likeness (QED) is 0.342. The number of nitrogens with one attached hydrogen (secondary N) is 3. The van der Waals surface area contributed by atoms with Crippen LogP contribution in [0.25, 0.3) is 11.0 Å². The predicted octanol–water partition coefficient (Wildman–Crippen LogP) is 3.31. The summed E-state index contributed by atoms with van der Waals surface area (Å²) in [6.07, 6.45) is 3.08. The number of fused-ring (bicyclic) bond motifs is 1. The van der Waals surface area contributed by atoms with Crippen LogP contribution in [0.2, 0.25) is 0 Å². The first-order chi connectivity index (χ1) is 16.6. The van der Waals surface area contributed by atoms with Gasteiger partial charge in [-0.15, -0.1) is 0 Å². The number of pyridine rings is 1. The lowest BCUT2D eigenvalue weighted by atomic mass is 9.92. The molecule has 1 saturated carbocycles. The van der Waals surface area contributed by atoms with Crippen molar-refractivity contribution in [2.75, 3.05) is 22.1 Å². The second kappa shape index (κ2) is 8.77. The van der Waals surface area contributed by atoms with Crippen LogP contribution in [0.4, 0.5) is 24.8 Å². The summed E-state index contributed by atoms with van der Waals surface area (Å²) < 4.78 is 65.2. The third kappa shape index (κ3) is 4.95. The topological polar surface area (TPSA) is 130 Å². The van der Waals surface area contributed by atoms with Gasteiger partial charge in [-0.2, -0.15) is 4.39 Å². The van der Waals surface area contributed by atoms with E-state index in [2.05, 4.69) is 30.6 Å². The number of anilines is 2. The minimum atomic E-state index is -3.13. The van der Waals surface area contributed by atoms with Gasteiger partial charge in [-0.1, -0.05) is 0 Å². The fourth-order valence-corrected chi connectivity index (χ4v) is 6.25. The van der Waals surface area contributed by atoms with Crippen molar-refractivity contribution >= 4 is 38.3 Å². The summed E-state index contributed by atoms with van der Waals surface area (Å²) >= 11 is 0. The van der Waals surface area contributed by atoms with E-state index >= 15 is 0 Å². The van der Waals surface area contributed by atoms with Gasteiger partial charge in [-0.3, -0.25) is 4.79 Å². The molecule has 1 unspecified atom stereocenters. The third-order valence-corrected chi connectivity index (χ3v) is 8.22. The van der Waals surface area contributed by atoms with E-state index < -0.39 is 27.5 Å². The van der Waals surface area contributed by atoms with Crippen molar-refractivity contribution in [1.29, 1.82) is 0 Å². The molecule has 186 valence electrons. The SMILES string of the molecule is O=C(c1ccc(NC2CCC(F)(F)CC2)nc1F)c1c[nH]c2ncnc(NC3CCS(=O)(=O)C3)c12. The Kier molecular flexibility index (Phi) is 5.90. The molecule has 1 aliphatic heterocycles. The number of nitrogens with zero attached hydrogens (tertiary/aromatic N) is 3. The van der Waals surface area contributed by atoms with Crippen LogP contribution in [0.5, 0.6) is 0 Å². The van der Waals surface area contributed by atoms with Gasteiger partial charge in [0.15, 0.2) is 15.6 Å². The molecular formula is C22H23F3N6O3S. The van der Waals surface area contributed by atoms with E-state index in [1.807, 2.05) is 0 Å². The van der Waals surface area contributed by atoms with Gasteiger partial charge in [0.1, 0.15) is 23.6 Å². The average molecular weight is 509 g/mol. The zero-order chi connectivity index (χ0) is 24.8. The first kappa shape index (κ1) is 23.5. The second-order valence-corrected chi connectivity index (χ2v) is 11.3. The van der Waals surface area contributed by atoms with E-state index in [4.69, 9.17) is 0 Å². The Morgan fingerprint density at radius 3 is 2.51 bits per heavy atom. The molecule has 1 saturated heterocycles. The van der Waals surface area contributed by atoms with Crippen LogP contribution in [-0.4, -0.2) is 63.6 Å². The molecule has 1 aliphatic carbocycles. The number of aromatic nitrogens is 4. The van der Waals surface area contributed by atoms with Crippen molar-refractivity contribution in [2.24, 2.45) is 0 Å². The zero-order valence-corrected chi connectivity index (χ0v) is 19.3. The van der Waals surface area contributed by atoms with Gasteiger partial charge in [0, 0.05) is 31.1 Å². The molecule has 2 aliphatic rings. The number of halogens is 3. The lowest BCUT2D eigenvalue weighted by Gasteiger charge is -2.29. The van der Waals surface area contributed by atoms with Crippen molar-refractivity contribution in [3.8, 4) is 0 Å². The van der Waals surface area contributed by atoms with Crippen LogP contribution >= 0.6 is 0 Å². The summed E-state index contributed by atoms with van der Waals surface area (Å²) in [7, 11) is -3.13. The Hall–Kier alpha value is -3.22. The molecule has 2 fully saturated rings. The molecule has 9 nitrogen and oxygen atoms in total. The molecule has 1 atom stereocenters. The van der Waals surface area contributed by atoms with Crippen molar-refractivity contribution < 1.29 is 26.4 Å². The highest BCUT2D eigenvalue weighted by Gasteiger charge is 2.35. The van der Waals surface area contributed by atoms with Crippen molar-refractivity contribution in [3.63, 3.8) is 0 Å². The van der Waals surface area contributed by atoms with Crippen LogP contribution in [0.15, 0.2) is 24.7 Å². The number of alkyl halides is 2. The maximum Gasteiger partial charge on any atom is 0.248 e. The highest BCUT2D eigenvalue weighted by atomic mass is 32.2. The van der Waals surface area contributed by atoms with E-state index in [1.54, 1.807) is 0 Å². The number of sulfone groups is 1. The van der Waals surface area contributed by atoms with Crippen LogP contribution in [0.3, 0.4) is 0 Å². The Bertz CT molecular complexity index is 1380. The highest BCUT2D eigenvalue weighted by molar-refractivity contribution is 7.91. The lowest BCUT2D eigenvalue weighted by Crippen LogP contribution is -2.32. The molecule has 3 aromatic rings. The van der Waals surface area contributed by atoms with Crippen molar-refractivity contribution in [3.05, 3.63) is 41.7 Å². The molecule has 3 aromatic heterocycles. The minimum absolute atomic E-state index is 0.0438. The molecule has 0 radical (unpaired) electrons. The van der Waals surface area contributed by atoms with Crippen molar-refractivity contribution in [1.82, 2.24) is 19.9 Å². The normalized spacial score (nSPS) is 21.7. The molecule has 35 heavy (non-hydrogen) atoms. The number of hydrogen-bond acceptors (Lipinski definition) is 8. The number of ketones is 1. The van der Waals surface area contributed by atoms with Gasteiger partial charge in [0.2, 0.25) is 11.9 Å². The van der Waals surface area contributed by atoms with Crippen LogP contribution in [0.1, 0.15) is 48.0 Å². The molecule has 0 bridgehead atoms. The molecule has 3 N–H and O–H groups in total. The Morgan fingerprint density at radius 1 is 1.06 bits per heavy atom. The molecule has 0 aromatic carbocycles. The highest BCUT2D eigenvalue weighted by Crippen LogP contribution is 2.34. The molecule has 0 spiro atoms. The second-order valence-electron chi connectivity index (χ2n) is 9.03. The lowest BCUT2D eigenvalue weighted by molar-refractivity contribution is -0.0361. The molecule has 13 heteroatoms. The molecule has 4 heterocycles. The fraction of sp³-hybridized carbons (Fsp3) is 0.455. The summed E-state index contributed by atoms with van der Waals surface area (Å²) in [5.41, 5.74) is 0.178. The summed E-state index contributed by atoms with van der Waals surface area (Å²) in [5, 5.41) is 6.36. The maximum atomic E-state index is 14.9. The third-order valence-electron chi connectivity index (χ3n) is 6.45. The number of carbonyl (C=O) groups excluding carboxylic acids is 1. The Morgan fingerprint density at radius 2 is 1.83 bits per heavy atom. The first-order valence-electron chi connectivity index (χ1n) is 11.2. The van der Waals surface area contributed by atoms with Gasteiger partial charge in [0.25, 0.3) is 0 Å². The number of aromatic amines is 1. The molecule has 0 amide bonds. The van der Waals surface area contributed by atoms with Crippen LogP contribution < -0.4 is 10.6 Å². The smallest absolute Gasteiger partial charge is 0.248 e. The summed E-state index contributed by atoms with van der Waals surface area (Å²) in [5.74, 6) is -3.85. The number of hydrogen-bond donors (Lipinski definition) is 3. The van der Waals surface area contributed by atoms with Crippen molar-refractivity contribution in [2.45, 2.75) is 50.1 Å².